The van der Waals surface area contributed by atoms with E-state index in [1.807, 2.05) is 0 Å². The molecule has 1 aliphatic carbocycles. The summed E-state index contributed by atoms with van der Waals surface area (Å²) in [4.78, 5) is 11.5. The molecule has 2 N–H and O–H groups in total. The Morgan fingerprint density at radius 1 is 1.31 bits per heavy atom. The van der Waals surface area contributed by atoms with E-state index < -0.39 is 6.04 Å². The summed E-state index contributed by atoms with van der Waals surface area (Å²) in [5.41, 5.74) is 5.53. The first-order valence-corrected chi connectivity index (χ1v) is 6.38. The van der Waals surface area contributed by atoms with E-state index in [1.165, 1.54) is 6.42 Å². The molecule has 0 bridgehead atoms. The fraction of sp³-hybridized carbons (Fsp3) is 0.923. The third-order valence-electron chi connectivity index (χ3n) is 3.60. The molecule has 3 unspecified atom stereocenters. The van der Waals surface area contributed by atoms with Crippen molar-refractivity contribution >= 4 is 5.97 Å². The van der Waals surface area contributed by atoms with Crippen molar-refractivity contribution in [1.82, 2.24) is 0 Å². The summed E-state index contributed by atoms with van der Waals surface area (Å²) < 4.78 is 5.53. The van der Waals surface area contributed by atoms with Crippen molar-refractivity contribution in [2.24, 2.45) is 23.5 Å². The van der Waals surface area contributed by atoms with Crippen LogP contribution in [0.5, 0.6) is 0 Å². The molecule has 0 amide bonds. The Bertz CT molecular complexity index is 238. The lowest BCUT2D eigenvalue weighted by molar-refractivity contribution is -0.157. The number of hydrogen-bond acceptors (Lipinski definition) is 3. The standard InChI is InChI=1S/C13H25NO2/c1-8(2)11-6-5-9(3)7-12(11)16-13(15)10(4)14/h8-12H,5-7,14H2,1-4H3/t9?,10-,11?,12?/m0/s1. The first kappa shape index (κ1) is 13.5. The number of carbonyl (C=O) groups excluding carboxylic acids is 1. The van der Waals surface area contributed by atoms with Crippen LogP contribution in [-0.2, 0) is 9.53 Å². The van der Waals surface area contributed by atoms with Gasteiger partial charge in [-0.1, -0.05) is 27.2 Å². The largest absolute Gasteiger partial charge is 0.461 e. The summed E-state index contributed by atoms with van der Waals surface area (Å²) in [6.45, 7) is 8.31. The van der Waals surface area contributed by atoms with Crippen molar-refractivity contribution in [3.63, 3.8) is 0 Å². The van der Waals surface area contributed by atoms with Crippen LogP contribution in [0.15, 0.2) is 0 Å². The summed E-state index contributed by atoms with van der Waals surface area (Å²) in [7, 11) is 0. The van der Waals surface area contributed by atoms with Crippen LogP contribution in [0.3, 0.4) is 0 Å². The zero-order chi connectivity index (χ0) is 12.3. The lowest BCUT2D eigenvalue weighted by Gasteiger charge is -2.37. The van der Waals surface area contributed by atoms with E-state index in [1.54, 1.807) is 6.92 Å². The fourth-order valence-corrected chi connectivity index (χ4v) is 2.51. The van der Waals surface area contributed by atoms with E-state index in [0.29, 0.717) is 17.8 Å². The molecule has 1 fully saturated rings. The van der Waals surface area contributed by atoms with E-state index in [-0.39, 0.29) is 12.1 Å². The number of ether oxygens (including phenoxy) is 1. The maximum atomic E-state index is 11.5. The van der Waals surface area contributed by atoms with Crippen LogP contribution in [0.25, 0.3) is 0 Å². The molecule has 94 valence electrons. The Kier molecular flexibility index (Phi) is 4.78. The minimum Gasteiger partial charge on any atom is -0.461 e. The van der Waals surface area contributed by atoms with Gasteiger partial charge in [0.2, 0.25) is 0 Å². The van der Waals surface area contributed by atoms with Gasteiger partial charge in [0.05, 0.1) is 0 Å². The molecule has 0 radical (unpaired) electrons. The van der Waals surface area contributed by atoms with Crippen LogP contribution < -0.4 is 5.73 Å². The number of nitrogens with two attached hydrogens (primary N) is 1. The van der Waals surface area contributed by atoms with Gasteiger partial charge in [-0.15, -0.1) is 0 Å². The molecule has 1 rings (SSSR count). The maximum Gasteiger partial charge on any atom is 0.322 e. The lowest BCUT2D eigenvalue weighted by Crippen LogP contribution is -2.39. The topological polar surface area (TPSA) is 52.3 Å². The van der Waals surface area contributed by atoms with E-state index in [9.17, 15) is 4.79 Å². The number of rotatable bonds is 3. The highest BCUT2D eigenvalue weighted by atomic mass is 16.5. The Hall–Kier alpha value is -0.570. The van der Waals surface area contributed by atoms with Crippen molar-refractivity contribution in [1.29, 1.82) is 0 Å². The van der Waals surface area contributed by atoms with Gasteiger partial charge in [0, 0.05) is 0 Å². The molecule has 3 nitrogen and oxygen atoms in total. The molecule has 16 heavy (non-hydrogen) atoms. The van der Waals surface area contributed by atoms with Crippen LogP contribution in [0.4, 0.5) is 0 Å². The minimum atomic E-state index is -0.509. The summed E-state index contributed by atoms with van der Waals surface area (Å²) in [6.07, 6.45) is 3.47. The zero-order valence-electron chi connectivity index (χ0n) is 10.9. The normalized spacial score (nSPS) is 32.5. The summed E-state index contributed by atoms with van der Waals surface area (Å²) in [5, 5.41) is 0. The van der Waals surface area contributed by atoms with Crippen molar-refractivity contribution in [3.05, 3.63) is 0 Å². The number of hydrogen-bond donors (Lipinski definition) is 1. The number of carbonyl (C=O) groups is 1. The highest BCUT2D eigenvalue weighted by Crippen LogP contribution is 2.35. The van der Waals surface area contributed by atoms with Crippen LogP contribution in [-0.4, -0.2) is 18.1 Å². The average molecular weight is 227 g/mol. The second kappa shape index (κ2) is 5.67. The molecule has 3 heteroatoms. The van der Waals surface area contributed by atoms with E-state index >= 15 is 0 Å². The smallest absolute Gasteiger partial charge is 0.322 e. The molecule has 0 aliphatic heterocycles. The highest BCUT2D eigenvalue weighted by molar-refractivity contribution is 5.75. The third-order valence-corrected chi connectivity index (χ3v) is 3.60. The first-order valence-electron chi connectivity index (χ1n) is 6.38. The second-order valence-corrected chi connectivity index (χ2v) is 5.59. The van der Waals surface area contributed by atoms with Gasteiger partial charge >= 0.3 is 5.97 Å². The molecular formula is C13H25NO2. The van der Waals surface area contributed by atoms with Crippen LogP contribution >= 0.6 is 0 Å². The van der Waals surface area contributed by atoms with Crippen molar-refractivity contribution in [2.45, 2.75) is 59.1 Å². The molecule has 0 spiro atoms. The molecular weight excluding hydrogens is 202 g/mol. The lowest BCUT2D eigenvalue weighted by atomic mass is 9.75. The van der Waals surface area contributed by atoms with Crippen LogP contribution in [0, 0.1) is 17.8 Å². The Morgan fingerprint density at radius 2 is 1.94 bits per heavy atom. The summed E-state index contributed by atoms with van der Waals surface area (Å²) in [6, 6.07) is -0.509. The van der Waals surface area contributed by atoms with Crippen LogP contribution in [0.2, 0.25) is 0 Å². The molecule has 4 atom stereocenters. The molecule has 0 aromatic rings. The van der Waals surface area contributed by atoms with Gasteiger partial charge in [-0.25, -0.2) is 0 Å². The van der Waals surface area contributed by atoms with Gasteiger partial charge in [0.15, 0.2) is 0 Å². The third kappa shape index (κ3) is 3.48. The molecule has 1 saturated carbocycles. The predicted octanol–water partition coefficient (Wildman–Crippen LogP) is 2.34. The van der Waals surface area contributed by atoms with E-state index in [4.69, 9.17) is 10.5 Å². The molecule has 1 aliphatic rings. The van der Waals surface area contributed by atoms with Crippen molar-refractivity contribution in [2.75, 3.05) is 0 Å². The minimum absolute atomic E-state index is 0.0715. The van der Waals surface area contributed by atoms with E-state index in [2.05, 4.69) is 20.8 Å². The second-order valence-electron chi connectivity index (χ2n) is 5.59. The van der Waals surface area contributed by atoms with Crippen molar-refractivity contribution < 1.29 is 9.53 Å². The molecule has 0 saturated heterocycles. The van der Waals surface area contributed by atoms with Gasteiger partial charge in [-0.2, -0.15) is 0 Å². The fourth-order valence-electron chi connectivity index (χ4n) is 2.51. The summed E-state index contributed by atoms with van der Waals surface area (Å²) >= 11 is 0. The van der Waals surface area contributed by atoms with Gasteiger partial charge in [0.25, 0.3) is 0 Å². The van der Waals surface area contributed by atoms with Gasteiger partial charge in [-0.05, 0) is 37.5 Å². The maximum absolute atomic E-state index is 11.5. The average Bonchev–Trinajstić information content (AvgIpc) is 2.16. The SMILES string of the molecule is CC1CCC(C(C)C)C(OC(=O)[C@H](C)N)C1. The highest BCUT2D eigenvalue weighted by Gasteiger charge is 2.33. The van der Waals surface area contributed by atoms with Crippen molar-refractivity contribution in [3.8, 4) is 0 Å². The van der Waals surface area contributed by atoms with Gasteiger partial charge < -0.3 is 10.5 Å². The Labute approximate surface area is 98.7 Å². The Morgan fingerprint density at radius 3 is 2.44 bits per heavy atom. The summed E-state index contributed by atoms with van der Waals surface area (Å²) in [5.74, 6) is 1.46. The number of esters is 1. The molecule has 0 aromatic carbocycles. The Balaban J connectivity index is 2.61. The van der Waals surface area contributed by atoms with Crippen LogP contribution in [0.1, 0.15) is 47.0 Å². The predicted molar refractivity (Wildman–Crippen MR) is 64.9 cm³/mol. The monoisotopic (exact) mass is 227 g/mol. The van der Waals surface area contributed by atoms with E-state index in [0.717, 1.165) is 12.8 Å². The first-order chi connectivity index (χ1) is 7.41. The molecule has 0 aromatic heterocycles. The quantitative estimate of drug-likeness (QED) is 0.753. The van der Waals surface area contributed by atoms with Gasteiger partial charge in [-0.3, -0.25) is 4.79 Å². The molecule has 0 heterocycles. The van der Waals surface area contributed by atoms with Gasteiger partial charge in [0.1, 0.15) is 12.1 Å². The zero-order valence-corrected chi connectivity index (χ0v) is 10.9.